The number of carbonyl (C=O) groups excluding carboxylic acids is 2. The van der Waals surface area contributed by atoms with Crippen LogP contribution in [0.1, 0.15) is 32.6 Å². The molecule has 1 saturated heterocycles. The third-order valence-electron chi connectivity index (χ3n) is 4.46. The minimum absolute atomic E-state index is 0.00742. The minimum atomic E-state index is -0.410. The number of anilines is 1. The largest absolute Gasteiger partial charge is 0.491 e. The van der Waals surface area contributed by atoms with E-state index in [-0.39, 0.29) is 18.9 Å². The fourth-order valence-electron chi connectivity index (χ4n) is 3.03. The van der Waals surface area contributed by atoms with Crippen LogP contribution in [0.25, 0.3) is 0 Å². The molecular formula is C18H27N3O3. The van der Waals surface area contributed by atoms with Gasteiger partial charge >= 0.3 is 0 Å². The Hall–Kier alpha value is -2.08. The van der Waals surface area contributed by atoms with Crippen LogP contribution in [0.2, 0.25) is 0 Å². The summed E-state index contributed by atoms with van der Waals surface area (Å²) in [5.74, 6) is 1.09. The molecule has 24 heavy (non-hydrogen) atoms. The Labute approximate surface area is 143 Å². The van der Waals surface area contributed by atoms with Gasteiger partial charge in [-0.1, -0.05) is 19.1 Å². The number of amides is 2. The predicted molar refractivity (Wildman–Crippen MR) is 93.8 cm³/mol. The van der Waals surface area contributed by atoms with E-state index in [1.807, 2.05) is 12.1 Å². The monoisotopic (exact) mass is 333 g/mol. The molecule has 0 aliphatic carbocycles. The average molecular weight is 333 g/mol. The number of hydrogen-bond acceptors (Lipinski definition) is 4. The van der Waals surface area contributed by atoms with Crippen molar-refractivity contribution in [3.63, 3.8) is 0 Å². The van der Waals surface area contributed by atoms with Gasteiger partial charge in [-0.05, 0) is 49.9 Å². The number of ether oxygens (including phenoxy) is 1. The first kappa shape index (κ1) is 18.3. The highest BCUT2D eigenvalue weighted by molar-refractivity contribution is 5.92. The van der Waals surface area contributed by atoms with Crippen molar-refractivity contribution in [1.29, 1.82) is 0 Å². The number of carbonyl (C=O) groups is 2. The van der Waals surface area contributed by atoms with E-state index in [1.165, 1.54) is 0 Å². The third kappa shape index (κ3) is 5.85. The van der Waals surface area contributed by atoms with Crippen molar-refractivity contribution in [1.82, 2.24) is 5.32 Å². The number of benzene rings is 1. The van der Waals surface area contributed by atoms with Gasteiger partial charge in [0.15, 0.2) is 0 Å². The number of primary amides is 1. The van der Waals surface area contributed by atoms with Crippen molar-refractivity contribution in [3.05, 3.63) is 24.3 Å². The topological polar surface area (TPSA) is 93.4 Å². The lowest BCUT2D eigenvalue weighted by Crippen LogP contribution is -2.32. The number of rotatable bonds is 8. The van der Waals surface area contributed by atoms with Crippen LogP contribution in [0.5, 0.6) is 5.75 Å². The summed E-state index contributed by atoms with van der Waals surface area (Å²) in [5.41, 5.74) is 5.74. The molecule has 1 fully saturated rings. The number of para-hydroxylation sites is 2. The van der Waals surface area contributed by atoms with Crippen molar-refractivity contribution < 1.29 is 14.3 Å². The quantitative estimate of drug-likeness (QED) is 0.677. The van der Waals surface area contributed by atoms with E-state index < -0.39 is 5.91 Å². The summed E-state index contributed by atoms with van der Waals surface area (Å²) in [6.45, 7) is 4.42. The first-order valence-electron chi connectivity index (χ1n) is 8.57. The van der Waals surface area contributed by atoms with Crippen molar-refractivity contribution in [2.24, 2.45) is 17.6 Å². The molecule has 1 aromatic rings. The summed E-state index contributed by atoms with van der Waals surface area (Å²) in [7, 11) is 0. The van der Waals surface area contributed by atoms with Gasteiger partial charge in [0, 0.05) is 6.42 Å². The zero-order valence-electron chi connectivity index (χ0n) is 14.2. The number of piperidine rings is 1. The van der Waals surface area contributed by atoms with Crippen molar-refractivity contribution in [2.45, 2.75) is 32.6 Å². The summed E-state index contributed by atoms with van der Waals surface area (Å²) >= 11 is 0. The molecule has 6 heteroatoms. The van der Waals surface area contributed by atoms with Crippen molar-refractivity contribution in [3.8, 4) is 5.75 Å². The van der Waals surface area contributed by atoms with Gasteiger partial charge in [0.05, 0.1) is 18.7 Å². The summed E-state index contributed by atoms with van der Waals surface area (Å²) in [6, 6.07) is 7.24. The Morgan fingerprint density at radius 1 is 1.33 bits per heavy atom. The SMILES string of the molecule is CC(CC(=O)Nc1ccccc1OCCC(N)=O)C1CCNCC1. The van der Waals surface area contributed by atoms with E-state index in [9.17, 15) is 9.59 Å². The number of nitrogens with one attached hydrogen (secondary N) is 2. The van der Waals surface area contributed by atoms with Crippen LogP contribution in [0.3, 0.4) is 0 Å². The molecule has 1 atom stereocenters. The summed E-state index contributed by atoms with van der Waals surface area (Å²) in [4.78, 5) is 23.1. The molecular weight excluding hydrogens is 306 g/mol. The maximum absolute atomic E-state index is 12.3. The molecule has 0 radical (unpaired) electrons. The number of hydrogen-bond donors (Lipinski definition) is 3. The highest BCUT2D eigenvalue weighted by Gasteiger charge is 2.22. The average Bonchev–Trinajstić information content (AvgIpc) is 2.57. The smallest absolute Gasteiger partial charge is 0.224 e. The molecule has 132 valence electrons. The summed E-state index contributed by atoms with van der Waals surface area (Å²) in [5, 5.41) is 6.27. The van der Waals surface area contributed by atoms with Gasteiger partial charge in [0.1, 0.15) is 5.75 Å². The lowest BCUT2D eigenvalue weighted by Gasteiger charge is -2.28. The molecule has 0 bridgehead atoms. The van der Waals surface area contributed by atoms with Crippen LogP contribution in [0, 0.1) is 11.8 Å². The second-order valence-corrected chi connectivity index (χ2v) is 6.38. The van der Waals surface area contributed by atoms with Crippen LogP contribution < -0.4 is 21.1 Å². The van der Waals surface area contributed by atoms with Crippen molar-refractivity contribution in [2.75, 3.05) is 25.0 Å². The van der Waals surface area contributed by atoms with Crippen LogP contribution in [-0.2, 0) is 9.59 Å². The minimum Gasteiger partial charge on any atom is -0.491 e. The van der Waals surface area contributed by atoms with Crippen LogP contribution in [0.15, 0.2) is 24.3 Å². The molecule has 0 spiro atoms. The Morgan fingerprint density at radius 3 is 2.75 bits per heavy atom. The fourth-order valence-corrected chi connectivity index (χ4v) is 3.03. The molecule has 0 saturated carbocycles. The first-order valence-corrected chi connectivity index (χ1v) is 8.57. The van der Waals surface area contributed by atoms with Gasteiger partial charge in [0.2, 0.25) is 11.8 Å². The van der Waals surface area contributed by atoms with Crippen molar-refractivity contribution >= 4 is 17.5 Å². The zero-order chi connectivity index (χ0) is 17.4. The first-order chi connectivity index (χ1) is 11.6. The van der Waals surface area contributed by atoms with Gasteiger partial charge in [0.25, 0.3) is 0 Å². The van der Waals surface area contributed by atoms with Crippen LogP contribution in [0.4, 0.5) is 5.69 Å². The molecule has 1 aliphatic heterocycles. The molecule has 4 N–H and O–H groups in total. The second-order valence-electron chi connectivity index (χ2n) is 6.38. The lowest BCUT2D eigenvalue weighted by atomic mass is 9.84. The molecule has 1 aliphatic rings. The second kappa shape index (κ2) is 9.27. The third-order valence-corrected chi connectivity index (χ3v) is 4.46. The highest BCUT2D eigenvalue weighted by Crippen LogP contribution is 2.27. The maximum atomic E-state index is 12.3. The Morgan fingerprint density at radius 2 is 2.04 bits per heavy atom. The Kier molecular flexibility index (Phi) is 7.06. The van der Waals surface area contributed by atoms with Crippen LogP contribution >= 0.6 is 0 Å². The van der Waals surface area contributed by atoms with Gasteiger partial charge in [-0.2, -0.15) is 0 Å². The standard InChI is InChI=1S/C18H27N3O3/c1-13(14-6-9-20-10-7-14)12-18(23)21-15-4-2-3-5-16(15)24-11-8-17(19)22/h2-5,13-14,20H,6-12H2,1H3,(H2,19,22)(H,21,23). The van der Waals surface area contributed by atoms with E-state index in [0.29, 0.717) is 29.7 Å². The predicted octanol–water partition coefficient (Wildman–Crippen LogP) is 1.91. The van der Waals surface area contributed by atoms with E-state index in [0.717, 1.165) is 25.9 Å². The van der Waals surface area contributed by atoms with E-state index in [2.05, 4.69) is 17.6 Å². The summed E-state index contributed by atoms with van der Waals surface area (Å²) < 4.78 is 5.55. The van der Waals surface area contributed by atoms with E-state index in [1.54, 1.807) is 12.1 Å². The normalized spacial score (nSPS) is 16.4. The fraction of sp³-hybridized carbons (Fsp3) is 0.556. The van der Waals surface area contributed by atoms with Gasteiger partial charge < -0.3 is 21.1 Å². The molecule has 6 nitrogen and oxygen atoms in total. The lowest BCUT2D eigenvalue weighted by molar-refractivity contribution is -0.119. The summed E-state index contributed by atoms with van der Waals surface area (Å²) in [6.07, 6.45) is 2.90. The van der Waals surface area contributed by atoms with E-state index in [4.69, 9.17) is 10.5 Å². The zero-order valence-corrected chi connectivity index (χ0v) is 14.2. The Balaban J connectivity index is 1.87. The molecule has 2 rings (SSSR count). The number of nitrogens with two attached hydrogens (primary N) is 1. The molecule has 2 amide bonds. The Bertz CT molecular complexity index is 556. The molecule has 1 aromatic carbocycles. The molecule has 1 heterocycles. The molecule has 0 aromatic heterocycles. The van der Waals surface area contributed by atoms with Gasteiger partial charge in [-0.15, -0.1) is 0 Å². The van der Waals surface area contributed by atoms with E-state index >= 15 is 0 Å². The van der Waals surface area contributed by atoms with Crippen LogP contribution in [-0.4, -0.2) is 31.5 Å². The maximum Gasteiger partial charge on any atom is 0.224 e. The van der Waals surface area contributed by atoms with Gasteiger partial charge in [-0.25, -0.2) is 0 Å². The highest BCUT2D eigenvalue weighted by atomic mass is 16.5. The molecule has 1 unspecified atom stereocenters. The van der Waals surface area contributed by atoms with Gasteiger partial charge in [-0.3, -0.25) is 9.59 Å².